The second-order valence-electron chi connectivity index (χ2n) is 28.7. The number of ether oxygens (including phenoxy) is 4. The van der Waals surface area contributed by atoms with Gasteiger partial charge in [0, 0.05) is 25.7 Å². The van der Waals surface area contributed by atoms with Gasteiger partial charge in [0.25, 0.3) is 0 Å². The predicted octanol–water partition coefficient (Wildman–Crippen LogP) is 23.1. The molecular formula is C79H150O17P2. The minimum atomic E-state index is -4.97. The molecule has 0 aliphatic rings. The lowest BCUT2D eigenvalue weighted by Gasteiger charge is -2.21. The van der Waals surface area contributed by atoms with E-state index in [0.29, 0.717) is 25.7 Å². The minimum Gasteiger partial charge on any atom is -0.462 e. The van der Waals surface area contributed by atoms with Crippen LogP contribution in [0.2, 0.25) is 0 Å². The summed E-state index contributed by atoms with van der Waals surface area (Å²) >= 11 is 0. The van der Waals surface area contributed by atoms with Crippen molar-refractivity contribution in [2.24, 2.45) is 11.8 Å². The molecule has 2 unspecified atom stereocenters. The number of aliphatic hydroxyl groups excluding tert-OH is 1. The molecule has 0 heterocycles. The largest absolute Gasteiger partial charge is 0.472 e. The van der Waals surface area contributed by atoms with Gasteiger partial charge in [-0.1, -0.05) is 336 Å². The number of unbranched alkanes of at least 4 members (excludes halogenated alkanes) is 43. The van der Waals surface area contributed by atoms with Crippen molar-refractivity contribution < 1.29 is 80.2 Å². The summed E-state index contributed by atoms with van der Waals surface area (Å²) in [5, 5.41) is 10.6. The van der Waals surface area contributed by atoms with E-state index in [1.54, 1.807) is 0 Å². The fraction of sp³-hybridized carbons (Fsp3) is 0.899. The van der Waals surface area contributed by atoms with Gasteiger partial charge in [-0.05, 0) is 63.2 Å². The fourth-order valence-corrected chi connectivity index (χ4v) is 13.2. The van der Waals surface area contributed by atoms with Crippen LogP contribution in [0.3, 0.4) is 0 Å². The van der Waals surface area contributed by atoms with Crippen LogP contribution in [0.5, 0.6) is 0 Å². The molecule has 0 saturated heterocycles. The Kier molecular flexibility index (Phi) is 68.5. The van der Waals surface area contributed by atoms with E-state index >= 15 is 0 Å². The topological polar surface area (TPSA) is 237 Å². The van der Waals surface area contributed by atoms with Crippen LogP contribution in [-0.4, -0.2) is 96.7 Å². The molecule has 0 amide bonds. The first-order chi connectivity index (χ1) is 47.4. The molecular weight excluding hydrogens is 1280 g/mol. The van der Waals surface area contributed by atoms with Gasteiger partial charge < -0.3 is 33.8 Å². The fourth-order valence-electron chi connectivity index (χ4n) is 11.6. The molecule has 0 saturated carbocycles. The van der Waals surface area contributed by atoms with Crippen LogP contribution < -0.4 is 0 Å². The maximum absolute atomic E-state index is 13.1. The molecule has 17 nitrogen and oxygen atoms in total. The van der Waals surface area contributed by atoms with E-state index < -0.39 is 97.5 Å². The molecule has 0 spiro atoms. The normalized spacial score (nSPS) is 14.1. The van der Waals surface area contributed by atoms with E-state index in [2.05, 4.69) is 65.8 Å². The molecule has 0 aliphatic heterocycles. The first-order valence-electron chi connectivity index (χ1n) is 40.3. The number of allylic oxidation sites excluding steroid dienone is 4. The van der Waals surface area contributed by atoms with Gasteiger partial charge in [-0.25, -0.2) is 9.13 Å². The van der Waals surface area contributed by atoms with Crippen molar-refractivity contribution in [3.63, 3.8) is 0 Å². The Morgan fingerprint density at radius 3 is 0.837 bits per heavy atom. The van der Waals surface area contributed by atoms with Gasteiger partial charge in [0.2, 0.25) is 0 Å². The van der Waals surface area contributed by atoms with Gasteiger partial charge in [-0.3, -0.25) is 37.3 Å². The van der Waals surface area contributed by atoms with Crippen molar-refractivity contribution in [1.29, 1.82) is 0 Å². The number of esters is 4. The lowest BCUT2D eigenvalue weighted by molar-refractivity contribution is -0.161. The number of hydrogen-bond acceptors (Lipinski definition) is 15. The van der Waals surface area contributed by atoms with E-state index in [9.17, 15) is 43.2 Å². The zero-order valence-corrected chi connectivity index (χ0v) is 65.4. The number of carbonyl (C=O) groups excluding carboxylic acids is 4. The Labute approximate surface area is 599 Å². The molecule has 0 aromatic heterocycles. The average Bonchev–Trinajstić information content (AvgIpc) is 1.10. The van der Waals surface area contributed by atoms with Gasteiger partial charge in [0.1, 0.15) is 19.3 Å². The van der Waals surface area contributed by atoms with Crippen LogP contribution in [0, 0.1) is 11.8 Å². The van der Waals surface area contributed by atoms with Crippen molar-refractivity contribution in [3.05, 3.63) is 24.3 Å². The van der Waals surface area contributed by atoms with Crippen molar-refractivity contribution in [2.45, 2.75) is 407 Å². The number of hydrogen-bond donors (Lipinski definition) is 3. The summed E-state index contributed by atoms with van der Waals surface area (Å²) in [6.45, 7) is 9.56. The summed E-state index contributed by atoms with van der Waals surface area (Å²) in [4.78, 5) is 72.9. The molecule has 19 heteroatoms. The highest BCUT2D eigenvalue weighted by Gasteiger charge is 2.30. The summed E-state index contributed by atoms with van der Waals surface area (Å²) in [6, 6.07) is 0. The third-order valence-electron chi connectivity index (χ3n) is 17.8. The van der Waals surface area contributed by atoms with E-state index in [0.717, 1.165) is 121 Å². The Balaban J connectivity index is 5.28. The van der Waals surface area contributed by atoms with Gasteiger partial charge in [0.15, 0.2) is 12.2 Å². The molecule has 98 heavy (non-hydrogen) atoms. The molecule has 0 bridgehead atoms. The second-order valence-corrected chi connectivity index (χ2v) is 31.6. The van der Waals surface area contributed by atoms with E-state index in [1.807, 2.05) is 0 Å². The van der Waals surface area contributed by atoms with E-state index in [1.165, 1.54) is 186 Å². The zero-order chi connectivity index (χ0) is 72.1. The Hall–Kier alpha value is -2.46. The first-order valence-corrected chi connectivity index (χ1v) is 43.3. The molecule has 3 N–H and O–H groups in total. The number of phosphoric ester groups is 2. The van der Waals surface area contributed by atoms with Gasteiger partial charge in [-0.15, -0.1) is 0 Å². The highest BCUT2D eigenvalue weighted by Crippen LogP contribution is 2.45. The summed E-state index contributed by atoms with van der Waals surface area (Å²) in [5.41, 5.74) is 0. The average molecular weight is 1430 g/mol. The number of aliphatic hydroxyl groups is 1. The van der Waals surface area contributed by atoms with Crippen LogP contribution in [0.25, 0.3) is 0 Å². The van der Waals surface area contributed by atoms with Gasteiger partial charge in [-0.2, -0.15) is 0 Å². The standard InChI is InChI=1S/C79H150O17P2/c1-7-9-11-13-15-17-19-21-24-28-32-38-44-50-56-62-77(82)90-67-74(95-78(83)63-57-51-45-39-33-29-26-23-22-25-27-30-35-41-47-53-59-71(3)4)69-93-97(85,86)91-65-73(80)66-92-98(87,88)94-70-75(96-79(84)64-58-52-46-40-34-36-42-48-54-60-72(5)6)68-89-76(81)61-55-49-43-37-31-20-18-16-14-12-10-8-2/h17,19,21,24,71-75,80H,7-16,18,20,22-23,25-70H2,1-6H3,(H,85,86)(H,87,88)/b19-17-,24-21-/t73-,74-,75-/m1/s1. The highest BCUT2D eigenvalue weighted by molar-refractivity contribution is 7.47. The maximum atomic E-state index is 13.1. The molecule has 578 valence electrons. The van der Waals surface area contributed by atoms with E-state index in [-0.39, 0.29) is 25.7 Å². The van der Waals surface area contributed by atoms with Crippen LogP contribution in [0.4, 0.5) is 0 Å². The highest BCUT2D eigenvalue weighted by atomic mass is 31.2. The molecule has 0 fully saturated rings. The number of rotatable bonds is 76. The lowest BCUT2D eigenvalue weighted by atomic mass is 10.0. The number of carbonyl (C=O) groups is 4. The Bertz CT molecular complexity index is 1980. The summed E-state index contributed by atoms with van der Waals surface area (Å²) in [6.07, 6.45) is 61.8. The predicted molar refractivity (Wildman–Crippen MR) is 400 cm³/mol. The molecule has 0 rings (SSSR count). The van der Waals surface area contributed by atoms with Crippen molar-refractivity contribution in [3.8, 4) is 0 Å². The molecule has 0 aromatic rings. The van der Waals surface area contributed by atoms with Crippen molar-refractivity contribution in [2.75, 3.05) is 39.6 Å². The van der Waals surface area contributed by atoms with Crippen LogP contribution in [-0.2, 0) is 65.4 Å². The zero-order valence-electron chi connectivity index (χ0n) is 63.6. The Morgan fingerprint density at radius 2 is 0.551 bits per heavy atom. The molecule has 0 radical (unpaired) electrons. The summed E-state index contributed by atoms with van der Waals surface area (Å²) < 4.78 is 68.6. The summed E-state index contributed by atoms with van der Waals surface area (Å²) in [7, 11) is -9.93. The van der Waals surface area contributed by atoms with Gasteiger partial charge >= 0.3 is 39.5 Å². The third-order valence-corrected chi connectivity index (χ3v) is 19.7. The van der Waals surface area contributed by atoms with Crippen LogP contribution in [0.15, 0.2) is 24.3 Å². The van der Waals surface area contributed by atoms with E-state index in [4.69, 9.17) is 37.0 Å². The third kappa shape index (κ3) is 71.9. The number of phosphoric acid groups is 2. The summed E-state index contributed by atoms with van der Waals surface area (Å²) in [5.74, 6) is -0.599. The van der Waals surface area contributed by atoms with Crippen LogP contribution in [0.1, 0.15) is 388 Å². The van der Waals surface area contributed by atoms with Crippen LogP contribution >= 0.6 is 15.6 Å². The first kappa shape index (κ1) is 95.5. The van der Waals surface area contributed by atoms with Crippen molar-refractivity contribution >= 4 is 39.5 Å². The lowest BCUT2D eigenvalue weighted by Crippen LogP contribution is -2.30. The smallest absolute Gasteiger partial charge is 0.462 e. The molecule has 5 atom stereocenters. The van der Waals surface area contributed by atoms with Gasteiger partial charge in [0.05, 0.1) is 26.4 Å². The quantitative estimate of drug-likeness (QED) is 0.0169. The molecule has 0 aromatic carbocycles. The monoisotopic (exact) mass is 1430 g/mol. The Morgan fingerprint density at radius 1 is 0.316 bits per heavy atom. The molecule has 0 aliphatic carbocycles. The second kappa shape index (κ2) is 70.2. The SMILES string of the molecule is CCCCCC/C=C\C=C/CCCCCCCC(=O)OC[C@H](COP(=O)(O)OC[C@@H](O)COP(=O)(O)OC[C@@H](COC(=O)CCCCCCCCCCCCCC)OC(=O)CCCCCCCCCCCC(C)C)OC(=O)CCCCCCCCCCCCCCCCCCC(C)C. The minimum absolute atomic E-state index is 0.101. The van der Waals surface area contributed by atoms with Crippen molar-refractivity contribution in [1.82, 2.24) is 0 Å². The maximum Gasteiger partial charge on any atom is 0.472 e.